The number of ether oxygens (including phenoxy) is 3. The molecule has 0 aliphatic rings. The molecule has 0 aliphatic carbocycles. The first kappa shape index (κ1) is 20.0. The minimum atomic E-state index is -0.370. The molecule has 1 aromatic heterocycles. The average molecular weight is 339 g/mol. The van der Waals surface area contributed by atoms with Crippen molar-refractivity contribution in [1.29, 1.82) is 0 Å². The highest BCUT2D eigenvalue weighted by atomic mass is 16.5. The Bertz CT molecular complexity index is 608. The Hall–Kier alpha value is -2.02. The third-order valence-corrected chi connectivity index (χ3v) is 3.29. The smallest absolute Gasteiger partial charge is 0.349 e. The zero-order valence-corrected chi connectivity index (χ0v) is 15.3. The van der Waals surface area contributed by atoms with Gasteiger partial charge in [-0.15, -0.1) is 0 Å². The molecule has 0 bridgehead atoms. The molecule has 0 fully saturated rings. The molecule has 0 amide bonds. The lowest BCUT2D eigenvalue weighted by Crippen LogP contribution is -2.25. The topological polar surface area (TPSA) is 88.6 Å². The van der Waals surface area contributed by atoms with Gasteiger partial charge in [0.05, 0.1) is 19.3 Å². The van der Waals surface area contributed by atoms with Crippen molar-refractivity contribution in [2.75, 3.05) is 25.6 Å². The van der Waals surface area contributed by atoms with Gasteiger partial charge in [0.2, 0.25) is 0 Å². The SMILES string of the molecule is CCO/C(CCn1cc(C)c(N)nc1=O)=C(\COC(C)C)OCC. The number of allylic oxidation sites excluding steroid dienone is 1. The molecular weight excluding hydrogens is 310 g/mol. The lowest BCUT2D eigenvalue weighted by molar-refractivity contribution is 0.0493. The van der Waals surface area contributed by atoms with E-state index in [1.54, 1.807) is 6.20 Å². The van der Waals surface area contributed by atoms with Crippen molar-refractivity contribution < 1.29 is 14.2 Å². The molecule has 1 rings (SSSR count). The third-order valence-electron chi connectivity index (χ3n) is 3.29. The van der Waals surface area contributed by atoms with Crippen molar-refractivity contribution >= 4 is 5.82 Å². The van der Waals surface area contributed by atoms with Crippen LogP contribution < -0.4 is 11.4 Å². The second-order valence-electron chi connectivity index (χ2n) is 5.61. The van der Waals surface area contributed by atoms with Crippen LogP contribution in [0.2, 0.25) is 0 Å². The normalized spacial score (nSPS) is 12.2. The molecule has 7 nitrogen and oxygen atoms in total. The van der Waals surface area contributed by atoms with Crippen LogP contribution in [0.25, 0.3) is 0 Å². The van der Waals surface area contributed by atoms with Crippen LogP contribution in [0.5, 0.6) is 0 Å². The van der Waals surface area contributed by atoms with Crippen LogP contribution in [-0.4, -0.2) is 35.5 Å². The molecule has 1 heterocycles. The number of nitrogens with zero attached hydrogens (tertiary/aromatic N) is 2. The molecule has 0 aromatic carbocycles. The molecule has 0 saturated carbocycles. The van der Waals surface area contributed by atoms with E-state index in [-0.39, 0.29) is 17.6 Å². The number of aryl methyl sites for hydroxylation is 2. The minimum absolute atomic E-state index is 0.0925. The van der Waals surface area contributed by atoms with Crippen LogP contribution in [0.1, 0.15) is 39.7 Å². The molecule has 136 valence electrons. The van der Waals surface area contributed by atoms with Crippen LogP contribution in [0, 0.1) is 6.92 Å². The van der Waals surface area contributed by atoms with E-state index in [4.69, 9.17) is 19.9 Å². The Morgan fingerprint density at radius 3 is 2.46 bits per heavy atom. The van der Waals surface area contributed by atoms with Gasteiger partial charge in [-0.25, -0.2) is 4.79 Å². The number of anilines is 1. The van der Waals surface area contributed by atoms with Gasteiger partial charge in [0, 0.05) is 24.7 Å². The van der Waals surface area contributed by atoms with Crippen molar-refractivity contribution in [1.82, 2.24) is 9.55 Å². The van der Waals surface area contributed by atoms with E-state index in [1.165, 1.54) is 4.57 Å². The van der Waals surface area contributed by atoms with Crippen molar-refractivity contribution in [3.63, 3.8) is 0 Å². The fourth-order valence-corrected chi connectivity index (χ4v) is 2.08. The molecule has 0 radical (unpaired) electrons. The molecule has 0 unspecified atom stereocenters. The molecule has 0 aliphatic heterocycles. The second-order valence-corrected chi connectivity index (χ2v) is 5.61. The summed E-state index contributed by atoms with van der Waals surface area (Å²) in [7, 11) is 0. The highest BCUT2D eigenvalue weighted by Gasteiger charge is 2.12. The van der Waals surface area contributed by atoms with Crippen LogP contribution in [0.3, 0.4) is 0 Å². The van der Waals surface area contributed by atoms with Crippen molar-refractivity contribution in [2.45, 2.75) is 53.7 Å². The van der Waals surface area contributed by atoms with Gasteiger partial charge in [-0.05, 0) is 34.6 Å². The lowest BCUT2D eigenvalue weighted by atomic mass is 10.3. The van der Waals surface area contributed by atoms with E-state index in [2.05, 4.69) is 4.98 Å². The van der Waals surface area contributed by atoms with Gasteiger partial charge in [0.1, 0.15) is 18.2 Å². The summed E-state index contributed by atoms with van der Waals surface area (Å²) in [5, 5.41) is 0. The number of rotatable bonds is 10. The molecule has 0 saturated heterocycles. The Morgan fingerprint density at radius 2 is 1.88 bits per heavy atom. The third kappa shape index (κ3) is 6.23. The Labute approximate surface area is 143 Å². The quantitative estimate of drug-likeness (QED) is 0.658. The van der Waals surface area contributed by atoms with Crippen LogP contribution in [-0.2, 0) is 20.8 Å². The Balaban J connectivity index is 2.95. The number of aromatic nitrogens is 2. The summed E-state index contributed by atoms with van der Waals surface area (Å²) < 4.78 is 18.6. The van der Waals surface area contributed by atoms with Crippen LogP contribution >= 0.6 is 0 Å². The summed E-state index contributed by atoms with van der Waals surface area (Å²) in [5.41, 5.74) is 6.05. The standard InChI is InChI=1S/C17H29N3O4/c1-6-22-14(15(23-7-2)11-24-12(3)4)8-9-20-10-13(5)16(18)19-17(20)21/h10,12H,6-9,11H2,1-5H3,(H2,18,19,21)/b15-14+. The average Bonchev–Trinajstić information content (AvgIpc) is 2.52. The minimum Gasteiger partial charge on any atom is -0.495 e. The van der Waals surface area contributed by atoms with Gasteiger partial charge in [-0.2, -0.15) is 4.98 Å². The summed E-state index contributed by atoms with van der Waals surface area (Å²) in [4.78, 5) is 15.7. The molecule has 0 atom stereocenters. The van der Waals surface area contributed by atoms with Gasteiger partial charge >= 0.3 is 5.69 Å². The maximum Gasteiger partial charge on any atom is 0.349 e. The number of nitrogens with two attached hydrogens (primary N) is 1. The van der Waals surface area contributed by atoms with E-state index in [0.717, 1.165) is 5.56 Å². The summed E-state index contributed by atoms with van der Waals surface area (Å²) in [6.45, 7) is 11.4. The Kier molecular flexibility index (Phi) is 8.32. The summed E-state index contributed by atoms with van der Waals surface area (Å²) >= 11 is 0. The van der Waals surface area contributed by atoms with E-state index >= 15 is 0 Å². The molecule has 0 spiro atoms. The van der Waals surface area contributed by atoms with Gasteiger partial charge < -0.3 is 19.9 Å². The Morgan fingerprint density at radius 1 is 1.25 bits per heavy atom. The van der Waals surface area contributed by atoms with E-state index in [9.17, 15) is 4.79 Å². The van der Waals surface area contributed by atoms with E-state index in [0.29, 0.717) is 44.3 Å². The molecule has 7 heteroatoms. The lowest BCUT2D eigenvalue weighted by Gasteiger charge is -2.18. The monoisotopic (exact) mass is 339 g/mol. The maximum absolute atomic E-state index is 11.9. The van der Waals surface area contributed by atoms with Crippen molar-refractivity contribution in [3.8, 4) is 0 Å². The molecular formula is C17H29N3O4. The molecule has 24 heavy (non-hydrogen) atoms. The largest absolute Gasteiger partial charge is 0.495 e. The van der Waals surface area contributed by atoms with Gasteiger partial charge in [-0.1, -0.05) is 0 Å². The van der Waals surface area contributed by atoms with E-state index < -0.39 is 0 Å². The molecule has 2 N–H and O–H groups in total. The van der Waals surface area contributed by atoms with Crippen LogP contribution in [0.4, 0.5) is 5.82 Å². The predicted octanol–water partition coefficient (Wildman–Crippen LogP) is 2.23. The first-order valence-electron chi connectivity index (χ1n) is 8.31. The van der Waals surface area contributed by atoms with Crippen LogP contribution in [0.15, 0.2) is 22.5 Å². The zero-order chi connectivity index (χ0) is 18.1. The van der Waals surface area contributed by atoms with E-state index in [1.807, 2.05) is 34.6 Å². The summed E-state index contributed by atoms with van der Waals surface area (Å²) in [6, 6.07) is 0. The number of hydrogen-bond acceptors (Lipinski definition) is 6. The van der Waals surface area contributed by atoms with Crippen molar-refractivity contribution in [3.05, 3.63) is 33.8 Å². The highest BCUT2D eigenvalue weighted by Crippen LogP contribution is 2.15. The number of nitrogen functional groups attached to an aromatic ring is 1. The van der Waals surface area contributed by atoms with Gasteiger partial charge in [0.25, 0.3) is 0 Å². The second kappa shape index (κ2) is 9.97. The van der Waals surface area contributed by atoms with Gasteiger partial charge in [0.15, 0.2) is 5.76 Å². The zero-order valence-electron chi connectivity index (χ0n) is 15.3. The highest BCUT2D eigenvalue weighted by molar-refractivity contribution is 5.35. The molecule has 1 aromatic rings. The summed E-state index contributed by atoms with van der Waals surface area (Å²) in [6.07, 6.45) is 2.31. The van der Waals surface area contributed by atoms with Crippen molar-refractivity contribution in [2.24, 2.45) is 0 Å². The fraction of sp³-hybridized carbons (Fsp3) is 0.647. The first-order chi connectivity index (χ1) is 11.4. The summed E-state index contributed by atoms with van der Waals surface area (Å²) in [5.74, 6) is 1.62. The predicted molar refractivity (Wildman–Crippen MR) is 93.6 cm³/mol. The first-order valence-corrected chi connectivity index (χ1v) is 8.31. The maximum atomic E-state index is 11.9. The van der Waals surface area contributed by atoms with Gasteiger partial charge in [-0.3, -0.25) is 4.57 Å². The fourth-order valence-electron chi connectivity index (χ4n) is 2.08. The number of hydrogen-bond donors (Lipinski definition) is 1.